The first-order valence-corrected chi connectivity index (χ1v) is 4.75. The number of carbonyl (C=O) groups is 2. The minimum absolute atomic E-state index is 0.154. The highest BCUT2D eigenvalue weighted by Gasteiger charge is 2.14. The number of rotatable bonds is 5. The molecule has 0 saturated carbocycles. The highest BCUT2D eigenvalue weighted by atomic mass is 16.2. The Bertz CT molecular complexity index is 390. The van der Waals surface area contributed by atoms with E-state index in [0.29, 0.717) is 18.4 Å². The smallest absolute Gasteiger partial charge is 0.228 e. The summed E-state index contributed by atoms with van der Waals surface area (Å²) in [5.41, 5.74) is 0.416. The molecule has 0 heterocycles. The summed E-state index contributed by atoms with van der Waals surface area (Å²) in [5, 5.41) is 8.29. The molecule has 0 amide bonds. The van der Waals surface area contributed by atoms with Crippen LogP contribution in [0.4, 0.5) is 0 Å². The zero-order valence-electron chi connectivity index (χ0n) is 8.27. The molecule has 76 valence electrons. The van der Waals surface area contributed by atoms with Crippen LogP contribution in [0.3, 0.4) is 0 Å². The van der Waals surface area contributed by atoms with Gasteiger partial charge >= 0.3 is 0 Å². The molecule has 0 bridgehead atoms. The number of ketones is 2. The van der Waals surface area contributed by atoms with Crippen molar-refractivity contribution in [1.82, 2.24) is 0 Å². The predicted molar refractivity (Wildman–Crippen MR) is 55.2 cm³/mol. The Morgan fingerprint density at radius 3 is 2.47 bits per heavy atom. The minimum atomic E-state index is -0.464. The minimum Gasteiger partial charge on any atom is -0.290 e. The number of carbonyl (C=O) groups excluding carboxylic acids is 2. The number of nitriles is 1. The topological polar surface area (TPSA) is 57.9 Å². The van der Waals surface area contributed by atoms with Gasteiger partial charge in [0.15, 0.2) is 0 Å². The summed E-state index contributed by atoms with van der Waals surface area (Å²) in [5.74, 6) is -0.884. The standard InChI is InChI=1S/C12H11NO2/c13-9-5-4-8-11(14)12(15)10-6-2-1-3-7-10/h1-3,6-7H,4-5,8H2. The fraction of sp³-hybridized carbons (Fsp3) is 0.250. The molecule has 0 N–H and O–H groups in total. The molecular weight excluding hydrogens is 190 g/mol. The third kappa shape index (κ3) is 3.35. The molecular formula is C12H11NO2. The zero-order chi connectivity index (χ0) is 11.1. The van der Waals surface area contributed by atoms with E-state index in [2.05, 4.69) is 0 Å². The Balaban J connectivity index is 2.55. The Morgan fingerprint density at radius 2 is 1.87 bits per heavy atom. The number of hydrogen-bond donors (Lipinski definition) is 0. The van der Waals surface area contributed by atoms with Crippen LogP contribution in [0.2, 0.25) is 0 Å². The van der Waals surface area contributed by atoms with E-state index < -0.39 is 11.6 Å². The third-order valence-electron chi connectivity index (χ3n) is 1.98. The quantitative estimate of drug-likeness (QED) is 0.416. The maximum atomic E-state index is 11.5. The average Bonchev–Trinajstić information content (AvgIpc) is 2.29. The molecule has 0 fully saturated rings. The van der Waals surface area contributed by atoms with Crippen molar-refractivity contribution < 1.29 is 9.59 Å². The van der Waals surface area contributed by atoms with Gasteiger partial charge in [-0.05, 0) is 6.42 Å². The third-order valence-corrected chi connectivity index (χ3v) is 1.98. The van der Waals surface area contributed by atoms with Gasteiger partial charge in [-0.1, -0.05) is 30.3 Å². The fourth-order valence-electron chi connectivity index (χ4n) is 1.19. The molecule has 0 atom stereocenters. The van der Waals surface area contributed by atoms with Crippen molar-refractivity contribution >= 4 is 11.6 Å². The van der Waals surface area contributed by atoms with Crippen LogP contribution in [0.1, 0.15) is 29.6 Å². The number of hydrogen-bond acceptors (Lipinski definition) is 3. The van der Waals surface area contributed by atoms with Crippen molar-refractivity contribution in [3.8, 4) is 6.07 Å². The van der Waals surface area contributed by atoms with Crippen molar-refractivity contribution in [3.05, 3.63) is 35.9 Å². The number of Topliss-reactive ketones (excluding diaryl/α,β-unsaturated/α-hetero) is 2. The second kappa shape index (κ2) is 5.71. The van der Waals surface area contributed by atoms with Crippen LogP contribution in [0.15, 0.2) is 30.3 Å². The van der Waals surface area contributed by atoms with Crippen LogP contribution >= 0.6 is 0 Å². The van der Waals surface area contributed by atoms with Gasteiger partial charge in [-0.25, -0.2) is 0 Å². The Kier molecular flexibility index (Phi) is 4.24. The van der Waals surface area contributed by atoms with E-state index in [0.717, 1.165) is 0 Å². The first-order chi connectivity index (χ1) is 7.25. The first kappa shape index (κ1) is 11.1. The Morgan fingerprint density at radius 1 is 1.20 bits per heavy atom. The summed E-state index contributed by atoms with van der Waals surface area (Å²) in [7, 11) is 0. The van der Waals surface area contributed by atoms with E-state index >= 15 is 0 Å². The molecule has 0 saturated heterocycles. The van der Waals surface area contributed by atoms with E-state index in [-0.39, 0.29) is 6.42 Å². The van der Waals surface area contributed by atoms with E-state index in [1.165, 1.54) is 0 Å². The first-order valence-electron chi connectivity index (χ1n) is 4.75. The molecule has 0 aromatic heterocycles. The SMILES string of the molecule is N#CCCCC(=O)C(=O)c1ccccc1. The summed E-state index contributed by atoms with van der Waals surface area (Å²) >= 11 is 0. The maximum Gasteiger partial charge on any atom is 0.228 e. The molecule has 0 aliphatic rings. The van der Waals surface area contributed by atoms with Crippen LogP contribution in [-0.2, 0) is 4.79 Å². The van der Waals surface area contributed by atoms with Crippen LogP contribution in [0.5, 0.6) is 0 Å². The van der Waals surface area contributed by atoms with Crippen LogP contribution in [0.25, 0.3) is 0 Å². The molecule has 0 radical (unpaired) electrons. The van der Waals surface area contributed by atoms with Gasteiger partial charge in [0.2, 0.25) is 11.6 Å². The normalized spacial score (nSPS) is 9.27. The summed E-state index contributed by atoms with van der Waals surface area (Å²) in [6, 6.07) is 10.4. The predicted octanol–water partition coefficient (Wildman–Crippen LogP) is 2.13. The lowest BCUT2D eigenvalue weighted by Gasteiger charge is -1.98. The Hall–Kier alpha value is -1.95. The van der Waals surface area contributed by atoms with Crippen molar-refractivity contribution in [1.29, 1.82) is 5.26 Å². The summed E-state index contributed by atoms with van der Waals surface area (Å²) in [6.45, 7) is 0. The van der Waals surface area contributed by atoms with Gasteiger partial charge in [-0.2, -0.15) is 5.26 Å². The van der Waals surface area contributed by atoms with Crippen LogP contribution < -0.4 is 0 Å². The van der Waals surface area contributed by atoms with Gasteiger partial charge in [0.1, 0.15) is 0 Å². The van der Waals surface area contributed by atoms with E-state index in [4.69, 9.17) is 5.26 Å². The fourth-order valence-corrected chi connectivity index (χ4v) is 1.19. The van der Waals surface area contributed by atoms with Crippen molar-refractivity contribution in [2.45, 2.75) is 19.3 Å². The molecule has 1 rings (SSSR count). The van der Waals surface area contributed by atoms with Gasteiger partial charge in [0, 0.05) is 18.4 Å². The molecule has 1 aromatic carbocycles. The molecule has 0 unspecified atom stereocenters. The molecule has 0 aliphatic carbocycles. The van der Waals surface area contributed by atoms with Gasteiger partial charge in [-0.15, -0.1) is 0 Å². The summed E-state index contributed by atoms with van der Waals surface area (Å²) in [4.78, 5) is 22.9. The van der Waals surface area contributed by atoms with E-state index in [1.54, 1.807) is 30.3 Å². The lowest BCUT2D eigenvalue weighted by Crippen LogP contribution is -2.13. The van der Waals surface area contributed by atoms with Crippen molar-refractivity contribution in [2.75, 3.05) is 0 Å². The summed E-state index contributed by atoms with van der Waals surface area (Å²) < 4.78 is 0. The lowest BCUT2D eigenvalue weighted by atomic mass is 10.0. The van der Waals surface area contributed by atoms with Crippen molar-refractivity contribution in [2.24, 2.45) is 0 Å². The largest absolute Gasteiger partial charge is 0.290 e. The van der Waals surface area contributed by atoms with Crippen molar-refractivity contribution in [3.63, 3.8) is 0 Å². The number of unbranched alkanes of at least 4 members (excludes halogenated alkanes) is 1. The monoisotopic (exact) mass is 201 g/mol. The lowest BCUT2D eigenvalue weighted by molar-refractivity contribution is -0.115. The second-order valence-corrected chi connectivity index (χ2v) is 3.13. The zero-order valence-corrected chi connectivity index (χ0v) is 8.27. The van der Waals surface area contributed by atoms with Crippen LogP contribution in [-0.4, -0.2) is 11.6 Å². The second-order valence-electron chi connectivity index (χ2n) is 3.13. The van der Waals surface area contributed by atoms with Crippen LogP contribution in [0, 0.1) is 11.3 Å². The molecule has 0 aliphatic heterocycles. The molecule has 3 nitrogen and oxygen atoms in total. The van der Waals surface area contributed by atoms with Gasteiger partial charge < -0.3 is 0 Å². The average molecular weight is 201 g/mol. The summed E-state index contributed by atoms with van der Waals surface area (Å²) in [6.07, 6.45) is 0.920. The molecule has 3 heteroatoms. The highest BCUT2D eigenvalue weighted by molar-refractivity contribution is 6.43. The van der Waals surface area contributed by atoms with Gasteiger partial charge in [0.25, 0.3) is 0 Å². The Labute approximate surface area is 88.3 Å². The van der Waals surface area contributed by atoms with Gasteiger partial charge in [0.05, 0.1) is 6.07 Å². The van der Waals surface area contributed by atoms with E-state index in [1.807, 2.05) is 6.07 Å². The number of benzene rings is 1. The maximum absolute atomic E-state index is 11.5. The van der Waals surface area contributed by atoms with E-state index in [9.17, 15) is 9.59 Å². The van der Waals surface area contributed by atoms with Gasteiger partial charge in [-0.3, -0.25) is 9.59 Å². The molecule has 1 aromatic rings. The highest BCUT2D eigenvalue weighted by Crippen LogP contribution is 2.04. The molecule has 0 spiro atoms. The molecule has 15 heavy (non-hydrogen) atoms. The number of nitrogens with zero attached hydrogens (tertiary/aromatic N) is 1.